The van der Waals surface area contributed by atoms with Crippen LogP contribution in [-0.4, -0.2) is 51.0 Å². The number of hydrogen-bond donors (Lipinski definition) is 1. The summed E-state index contributed by atoms with van der Waals surface area (Å²) in [6.07, 6.45) is -5.45. The molecular formula is C7H13F3N2O2. The van der Waals surface area contributed by atoms with Crippen LogP contribution in [0.4, 0.5) is 18.0 Å². The average Bonchev–Trinajstić information content (AvgIpc) is 2.09. The van der Waals surface area contributed by atoms with Gasteiger partial charge in [0.15, 0.2) is 6.61 Å². The number of likely N-dealkylation sites (N-methyl/N-ethyl adjacent to an activating group) is 2. The Kier molecular flexibility index (Phi) is 5.29. The minimum Gasteiger partial charge on any atom is -0.440 e. The second-order valence-corrected chi connectivity index (χ2v) is 2.69. The first-order chi connectivity index (χ1) is 6.37. The lowest BCUT2D eigenvalue weighted by Gasteiger charge is -2.17. The molecule has 0 aliphatic rings. The van der Waals surface area contributed by atoms with Crippen LogP contribution in [0.25, 0.3) is 0 Å². The summed E-state index contributed by atoms with van der Waals surface area (Å²) in [7, 11) is 3.05. The number of hydrogen-bond acceptors (Lipinski definition) is 3. The fraction of sp³-hybridized carbons (Fsp3) is 0.857. The number of ether oxygens (including phenoxy) is 1. The highest BCUT2D eigenvalue weighted by atomic mass is 19.4. The van der Waals surface area contributed by atoms with Crippen molar-refractivity contribution in [3.8, 4) is 0 Å². The summed E-state index contributed by atoms with van der Waals surface area (Å²) in [5.74, 6) is 0. The summed E-state index contributed by atoms with van der Waals surface area (Å²) in [5, 5.41) is 2.75. The van der Waals surface area contributed by atoms with E-state index in [0.717, 1.165) is 4.90 Å². The van der Waals surface area contributed by atoms with Crippen LogP contribution in [-0.2, 0) is 4.74 Å². The summed E-state index contributed by atoms with van der Waals surface area (Å²) < 4.78 is 38.9. The molecule has 0 aliphatic heterocycles. The van der Waals surface area contributed by atoms with E-state index in [0.29, 0.717) is 13.1 Å². The zero-order valence-corrected chi connectivity index (χ0v) is 8.02. The van der Waals surface area contributed by atoms with Gasteiger partial charge >= 0.3 is 12.3 Å². The third-order valence-electron chi connectivity index (χ3n) is 1.37. The van der Waals surface area contributed by atoms with Gasteiger partial charge in [-0.1, -0.05) is 0 Å². The first kappa shape index (κ1) is 13.0. The molecule has 0 rings (SSSR count). The standard InChI is InChI=1S/C7H13F3N2O2/c1-11-3-4-12(2)6(13)14-5-7(8,9)10/h11H,3-5H2,1-2H3. The maximum absolute atomic E-state index is 11.6. The summed E-state index contributed by atoms with van der Waals surface area (Å²) in [5.41, 5.74) is 0. The second kappa shape index (κ2) is 5.69. The van der Waals surface area contributed by atoms with Gasteiger partial charge in [0.2, 0.25) is 0 Å². The number of alkyl halides is 3. The molecule has 7 heteroatoms. The maximum Gasteiger partial charge on any atom is 0.422 e. The van der Waals surface area contributed by atoms with Crippen molar-refractivity contribution in [3.63, 3.8) is 0 Å². The molecule has 0 bridgehead atoms. The molecule has 0 spiro atoms. The molecule has 1 amide bonds. The van der Waals surface area contributed by atoms with Crippen LogP contribution in [0, 0.1) is 0 Å². The van der Waals surface area contributed by atoms with Gasteiger partial charge in [-0.05, 0) is 7.05 Å². The zero-order valence-electron chi connectivity index (χ0n) is 8.02. The smallest absolute Gasteiger partial charge is 0.422 e. The average molecular weight is 214 g/mol. The van der Waals surface area contributed by atoms with Gasteiger partial charge in [-0.3, -0.25) is 0 Å². The van der Waals surface area contributed by atoms with E-state index in [2.05, 4.69) is 10.1 Å². The normalized spacial score (nSPS) is 11.2. The molecule has 0 atom stereocenters. The number of carbonyl (C=O) groups excluding carboxylic acids is 1. The predicted molar refractivity (Wildman–Crippen MR) is 44.0 cm³/mol. The molecule has 0 saturated heterocycles. The predicted octanol–water partition coefficient (Wildman–Crippen LogP) is 0.836. The number of rotatable bonds is 4. The Hall–Kier alpha value is -0.980. The molecule has 4 nitrogen and oxygen atoms in total. The fourth-order valence-corrected chi connectivity index (χ4v) is 0.625. The van der Waals surface area contributed by atoms with Crippen LogP contribution in [0.5, 0.6) is 0 Å². The van der Waals surface area contributed by atoms with Crippen molar-refractivity contribution in [3.05, 3.63) is 0 Å². The number of nitrogens with zero attached hydrogens (tertiary/aromatic N) is 1. The van der Waals surface area contributed by atoms with Crippen LogP contribution < -0.4 is 5.32 Å². The van der Waals surface area contributed by atoms with E-state index in [4.69, 9.17) is 0 Å². The largest absolute Gasteiger partial charge is 0.440 e. The minimum atomic E-state index is -4.47. The highest BCUT2D eigenvalue weighted by Gasteiger charge is 2.30. The molecule has 84 valence electrons. The zero-order chi connectivity index (χ0) is 11.2. The molecule has 1 N–H and O–H groups in total. The molecule has 0 saturated carbocycles. The molecule has 0 aliphatic carbocycles. The van der Waals surface area contributed by atoms with Crippen molar-refractivity contribution in [2.45, 2.75) is 6.18 Å². The van der Waals surface area contributed by atoms with Crippen molar-refractivity contribution in [1.29, 1.82) is 0 Å². The van der Waals surface area contributed by atoms with Crippen molar-refractivity contribution in [2.24, 2.45) is 0 Å². The third-order valence-corrected chi connectivity index (χ3v) is 1.37. The van der Waals surface area contributed by atoms with Gasteiger partial charge in [0, 0.05) is 20.1 Å². The molecular weight excluding hydrogens is 201 g/mol. The maximum atomic E-state index is 11.6. The van der Waals surface area contributed by atoms with Crippen LogP contribution in [0.1, 0.15) is 0 Å². The van der Waals surface area contributed by atoms with Gasteiger partial charge in [0.1, 0.15) is 0 Å². The first-order valence-corrected chi connectivity index (χ1v) is 3.96. The molecule has 0 radical (unpaired) electrons. The van der Waals surface area contributed by atoms with Crippen LogP contribution in [0.15, 0.2) is 0 Å². The van der Waals surface area contributed by atoms with Crippen molar-refractivity contribution in [1.82, 2.24) is 10.2 Å². The summed E-state index contributed by atoms with van der Waals surface area (Å²) in [6, 6.07) is 0. The summed E-state index contributed by atoms with van der Waals surface area (Å²) >= 11 is 0. The van der Waals surface area contributed by atoms with E-state index in [1.54, 1.807) is 7.05 Å². The molecule has 0 aromatic heterocycles. The van der Waals surface area contributed by atoms with Gasteiger partial charge in [-0.2, -0.15) is 13.2 Å². The summed E-state index contributed by atoms with van der Waals surface area (Å²) in [6.45, 7) is -0.749. The minimum absolute atomic E-state index is 0.299. The molecule has 0 unspecified atom stereocenters. The fourth-order valence-electron chi connectivity index (χ4n) is 0.625. The van der Waals surface area contributed by atoms with Gasteiger partial charge in [-0.15, -0.1) is 0 Å². The van der Waals surface area contributed by atoms with Gasteiger partial charge in [0.25, 0.3) is 0 Å². The molecule has 0 fully saturated rings. The Morgan fingerprint density at radius 1 is 1.50 bits per heavy atom. The van der Waals surface area contributed by atoms with Gasteiger partial charge < -0.3 is 15.0 Å². The Balaban J connectivity index is 3.73. The van der Waals surface area contributed by atoms with Crippen LogP contribution in [0.3, 0.4) is 0 Å². The van der Waals surface area contributed by atoms with Gasteiger partial charge in [-0.25, -0.2) is 4.79 Å². The third kappa shape index (κ3) is 6.53. The molecule has 0 aromatic rings. The van der Waals surface area contributed by atoms with Crippen molar-refractivity contribution >= 4 is 6.09 Å². The van der Waals surface area contributed by atoms with Crippen LogP contribution >= 0.6 is 0 Å². The van der Waals surface area contributed by atoms with E-state index < -0.39 is 18.9 Å². The topological polar surface area (TPSA) is 41.6 Å². The summed E-state index contributed by atoms with van der Waals surface area (Å²) in [4.78, 5) is 11.9. The van der Waals surface area contributed by atoms with Crippen molar-refractivity contribution < 1.29 is 22.7 Å². The quantitative estimate of drug-likeness (QED) is 0.753. The number of amides is 1. The van der Waals surface area contributed by atoms with E-state index in [9.17, 15) is 18.0 Å². The monoisotopic (exact) mass is 214 g/mol. The Labute approximate surface area is 80.0 Å². The van der Waals surface area contributed by atoms with E-state index in [1.165, 1.54) is 7.05 Å². The lowest BCUT2D eigenvalue weighted by atomic mass is 10.6. The Bertz CT molecular complexity index is 184. The molecule has 14 heavy (non-hydrogen) atoms. The highest BCUT2D eigenvalue weighted by molar-refractivity contribution is 5.67. The van der Waals surface area contributed by atoms with Gasteiger partial charge in [0.05, 0.1) is 0 Å². The van der Waals surface area contributed by atoms with E-state index in [-0.39, 0.29) is 0 Å². The van der Waals surface area contributed by atoms with E-state index in [1.807, 2.05) is 0 Å². The molecule has 0 aromatic carbocycles. The second-order valence-electron chi connectivity index (χ2n) is 2.69. The number of carbonyl (C=O) groups is 1. The van der Waals surface area contributed by atoms with E-state index >= 15 is 0 Å². The number of halogens is 3. The first-order valence-electron chi connectivity index (χ1n) is 3.96. The Morgan fingerprint density at radius 3 is 2.50 bits per heavy atom. The molecule has 0 heterocycles. The number of nitrogens with one attached hydrogen (secondary N) is 1. The van der Waals surface area contributed by atoms with Crippen LogP contribution in [0.2, 0.25) is 0 Å². The Morgan fingerprint density at radius 2 is 2.07 bits per heavy atom. The SMILES string of the molecule is CNCCN(C)C(=O)OCC(F)(F)F. The lowest BCUT2D eigenvalue weighted by Crippen LogP contribution is -2.35. The van der Waals surface area contributed by atoms with Crippen molar-refractivity contribution in [2.75, 3.05) is 33.8 Å². The highest BCUT2D eigenvalue weighted by Crippen LogP contribution is 2.14. The lowest BCUT2D eigenvalue weighted by molar-refractivity contribution is -0.162.